The zero-order valence-electron chi connectivity index (χ0n) is 45.3. The number of benzene rings is 2. The second-order valence-corrected chi connectivity index (χ2v) is 23.8. The van der Waals surface area contributed by atoms with Crippen molar-refractivity contribution >= 4 is 58.6 Å². The van der Waals surface area contributed by atoms with Crippen molar-refractivity contribution in [2.45, 2.75) is 142 Å². The largest absolute Gasteiger partial charge is 0.347 e. The number of carbonyl (C=O) groups is 8. The third-order valence-electron chi connectivity index (χ3n) is 15.4. The summed E-state index contributed by atoms with van der Waals surface area (Å²) in [6, 6.07) is 13.2. The highest BCUT2D eigenvalue weighted by Gasteiger charge is 2.46. The van der Waals surface area contributed by atoms with Crippen molar-refractivity contribution in [1.29, 1.82) is 0 Å². The van der Waals surface area contributed by atoms with Gasteiger partial charge in [-0.1, -0.05) is 90.1 Å². The van der Waals surface area contributed by atoms with E-state index in [1.807, 2.05) is 77.9 Å². The minimum absolute atomic E-state index is 0.0122. The number of likely N-dealkylation sites (N-methyl/N-ethyl adjacent to an activating group) is 2. The highest BCUT2D eigenvalue weighted by atomic mass is 32.1. The number of aryl methyl sites for hydroxylation is 2. The fourth-order valence-corrected chi connectivity index (χ4v) is 11.5. The second-order valence-electron chi connectivity index (χ2n) is 22.7. The highest BCUT2D eigenvalue weighted by molar-refractivity contribution is 7.15. The van der Waals surface area contributed by atoms with Gasteiger partial charge in [-0.05, 0) is 112 Å². The standard InChI is InChI=1S/C56H78N10O8S/c1-33(57-9)47(67)61-45(55(3,4)5)53(73)65-29-27-63(31-41(65)49(69)59-39-23-15-19-35-17-11-13-21-37(35)39)51(71)43-25-26-44(75-43)52(72)64-28-30-66(54(74)46(56(6,7)8)62-48(68)34(2)58-10)42(32-64)50(70)60-40-24-16-20-36-18-12-14-22-38(36)40/h11-14,17-18,21-22,25-26,33-34,39-42,45-46,57-58H,15-16,19-20,23-24,27-32H2,1-10H3,(H,59,69)(H,60,70)(H,61,67)(H,62,68)/t33-,34-,39+,40+,41-,42-,45+,46+/m0/s1. The van der Waals surface area contributed by atoms with Crippen LogP contribution < -0.4 is 31.9 Å². The van der Waals surface area contributed by atoms with Crippen LogP contribution >= 0.6 is 11.3 Å². The molecule has 8 amide bonds. The Morgan fingerprint density at radius 2 is 0.920 bits per heavy atom. The fourth-order valence-electron chi connectivity index (χ4n) is 10.6. The molecule has 18 nitrogen and oxygen atoms in total. The monoisotopic (exact) mass is 1050 g/mol. The summed E-state index contributed by atoms with van der Waals surface area (Å²) < 4.78 is 0. The first-order valence-electron chi connectivity index (χ1n) is 26.5. The number of piperazine rings is 2. The Morgan fingerprint density at radius 1 is 0.547 bits per heavy atom. The SMILES string of the molecule is CN[C@@H](C)C(=O)N[C@H](C(=O)N1CCN(C(=O)c2ccc(C(=O)N3CCN(C(=O)[C@@H](NC(=O)[C@H](C)NC)C(C)(C)C)[C@H](C(=O)N[C@@H]4CCCc5ccccc54)C3)s2)C[C@H]1C(=O)N[C@@H]1CCCc2ccccc21)C(C)(C)C. The van der Waals surface area contributed by atoms with Gasteiger partial charge < -0.3 is 51.5 Å². The summed E-state index contributed by atoms with van der Waals surface area (Å²) in [5.74, 6) is -3.26. The third kappa shape index (κ3) is 12.9. The summed E-state index contributed by atoms with van der Waals surface area (Å²) in [7, 11) is 3.31. The Kier molecular flexibility index (Phi) is 17.9. The van der Waals surface area contributed by atoms with E-state index in [1.54, 1.807) is 40.1 Å². The number of carbonyl (C=O) groups excluding carboxylic acids is 8. The van der Waals surface area contributed by atoms with Crippen molar-refractivity contribution in [3.63, 3.8) is 0 Å². The molecule has 2 saturated heterocycles. The van der Waals surface area contributed by atoms with E-state index in [1.165, 1.54) is 19.6 Å². The smallest absolute Gasteiger partial charge is 0.264 e. The molecule has 4 aliphatic rings. The van der Waals surface area contributed by atoms with Crippen LogP contribution in [0, 0.1) is 10.8 Å². The molecule has 75 heavy (non-hydrogen) atoms. The van der Waals surface area contributed by atoms with Gasteiger partial charge in [0.15, 0.2) is 0 Å². The van der Waals surface area contributed by atoms with Crippen LogP contribution in [0.15, 0.2) is 60.7 Å². The van der Waals surface area contributed by atoms with E-state index in [2.05, 4.69) is 44.0 Å². The Labute approximate surface area is 445 Å². The first-order chi connectivity index (χ1) is 35.5. The molecule has 406 valence electrons. The lowest BCUT2D eigenvalue weighted by Gasteiger charge is -2.44. The molecule has 0 unspecified atom stereocenters. The van der Waals surface area contributed by atoms with Gasteiger partial charge in [-0.2, -0.15) is 0 Å². The number of nitrogens with zero attached hydrogens (tertiary/aromatic N) is 4. The average molecular weight is 1050 g/mol. The highest BCUT2D eigenvalue weighted by Crippen LogP contribution is 2.33. The number of fused-ring (bicyclic) bond motifs is 2. The van der Waals surface area contributed by atoms with Gasteiger partial charge in [-0.15, -0.1) is 11.3 Å². The van der Waals surface area contributed by atoms with Gasteiger partial charge in [-0.3, -0.25) is 38.4 Å². The van der Waals surface area contributed by atoms with Crippen molar-refractivity contribution in [2.24, 2.45) is 10.8 Å². The summed E-state index contributed by atoms with van der Waals surface area (Å²) in [6.07, 6.45) is 4.92. The molecule has 2 aliphatic carbocycles. The van der Waals surface area contributed by atoms with Gasteiger partial charge in [0, 0.05) is 26.2 Å². The second kappa shape index (κ2) is 23.8. The first-order valence-corrected chi connectivity index (χ1v) is 27.3. The molecule has 7 rings (SSSR count). The molecule has 0 bridgehead atoms. The Bertz CT molecular complexity index is 2450. The zero-order valence-corrected chi connectivity index (χ0v) is 46.2. The average Bonchev–Trinajstić information content (AvgIpc) is 3.90. The molecule has 2 aromatic carbocycles. The lowest BCUT2D eigenvalue weighted by Crippen LogP contribution is -2.66. The first kappa shape index (κ1) is 56.5. The van der Waals surface area contributed by atoms with Crippen LogP contribution in [-0.4, -0.2) is 156 Å². The molecule has 0 radical (unpaired) electrons. The lowest BCUT2D eigenvalue weighted by atomic mass is 9.85. The van der Waals surface area contributed by atoms with Crippen molar-refractivity contribution in [2.75, 3.05) is 53.4 Å². The van der Waals surface area contributed by atoms with Gasteiger partial charge >= 0.3 is 0 Å². The Morgan fingerprint density at radius 3 is 1.28 bits per heavy atom. The van der Waals surface area contributed by atoms with Crippen LogP contribution in [0.1, 0.15) is 135 Å². The molecule has 8 atom stereocenters. The molecule has 3 aromatic rings. The maximum Gasteiger partial charge on any atom is 0.264 e. The van der Waals surface area contributed by atoms with Crippen LogP contribution in [0.25, 0.3) is 0 Å². The molecule has 1 aromatic heterocycles. The molecular formula is C56H78N10O8S. The summed E-state index contributed by atoms with van der Waals surface area (Å²) in [4.78, 5) is 121. The van der Waals surface area contributed by atoms with Gasteiger partial charge in [-0.25, -0.2) is 0 Å². The molecule has 2 aliphatic heterocycles. The number of amides is 8. The summed E-state index contributed by atoms with van der Waals surface area (Å²) in [5, 5.41) is 18.1. The van der Waals surface area contributed by atoms with Gasteiger partial charge in [0.25, 0.3) is 11.8 Å². The molecule has 2 fully saturated rings. The Balaban J connectivity index is 1.12. The van der Waals surface area contributed by atoms with E-state index in [-0.39, 0.29) is 72.9 Å². The number of nitrogens with one attached hydrogen (secondary N) is 6. The lowest BCUT2D eigenvalue weighted by molar-refractivity contribution is -0.148. The summed E-state index contributed by atoms with van der Waals surface area (Å²) in [6.45, 7) is 14.4. The number of rotatable bonds is 14. The summed E-state index contributed by atoms with van der Waals surface area (Å²) >= 11 is 1.000. The van der Waals surface area contributed by atoms with Crippen LogP contribution in [0.3, 0.4) is 0 Å². The van der Waals surface area contributed by atoms with Gasteiger partial charge in [0.05, 0.1) is 47.0 Å². The third-order valence-corrected chi connectivity index (χ3v) is 16.4. The van der Waals surface area contributed by atoms with E-state index >= 15 is 0 Å². The molecule has 0 saturated carbocycles. The molecule has 19 heteroatoms. The van der Waals surface area contributed by atoms with Crippen molar-refractivity contribution in [3.05, 3.63) is 92.7 Å². The number of hydrogen-bond acceptors (Lipinski definition) is 11. The molecule has 3 heterocycles. The maximum atomic E-state index is 14.7. The predicted molar refractivity (Wildman–Crippen MR) is 287 cm³/mol. The van der Waals surface area contributed by atoms with E-state index < -0.39 is 82.5 Å². The van der Waals surface area contributed by atoms with Crippen molar-refractivity contribution in [3.8, 4) is 0 Å². The van der Waals surface area contributed by atoms with Crippen molar-refractivity contribution in [1.82, 2.24) is 51.5 Å². The van der Waals surface area contributed by atoms with Crippen LogP contribution in [0.2, 0.25) is 0 Å². The predicted octanol–water partition coefficient (Wildman–Crippen LogP) is 3.72. The van der Waals surface area contributed by atoms with E-state index in [0.717, 1.165) is 59.3 Å². The van der Waals surface area contributed by atoms with Crippen LogP contribution in [0.5, 0.6) is 0 Å². The van der Waals surface area contributed by atoms with Crippen molar-refractivity contribution < 1.29 is 38.4 Å². The Hall–Kier alpha value is -6.18. The number of hydrogen-bond donors (Lipinski definition) is 6. The van der Waals surface area contributed by atoms with E-state index in [4.69, 9.17) is 0 Å². The van der Waals surface area contributed by atoms with E-state index in [0.29, 0.717) is 12.8 Å². The van der Waals surface area contributed by atoms with E-state index in [9.17, 15) is 38.4 Å². The molecular weight excluding hydrogens is 973 g/mol. The summed E-state index contributed by atoms with van der Waals surface area (Å²) in [5.41, 5.74) is 2.86. The normalized spacial score (nSPS) is 21.6. The quantitative estimate of drug-likeness (QED) is 0.137. The maximum absolute atomic E-state index is 14.7. The van der Waals surface area contributed by atoms with Crippen LogP contribution in [0.4, 0.5) is 0 Å². The van der Waals surface area contributed by atoms with Crippen LogP contribution in [-0.2, 0) is 41.6 Å². The minimum Gasteiger partial charge on any atom is -0.347 e. The zero-order chi connectivity index (χ0) is 54.5. The van der Waals surface area contributed by atoms with Gasteiger partial charge in [0.2, 0.25) is 35.4 Å². The molecule has 0 spiro atoms. The minimum atomic E-state index is -1.10. The fraction of sp³-hybridized carbons (Fsp3) is 0.571. The van der Waals surface area contributed by atoms with Gasteiger partial charge in [0.1, 0.15) is 24.2 Å². The topological polar surface area (TPSA) is 222 Å². The molecule has 6 N–H and O–H groups in total. The number of thiophene rings is 1.